The van der Waals surface area contributed by atoms with Gasteiger partial charge in [0.05, 0.1) is 11.8 Å². The summed E-state index contributed by atoms with van der Waals surface area (Å²) in [6.07, 6.45) is 7.57. The Hall–Kier alpha value is -3.54. The van der Waals surface area contributed by atoms with Crippen LogP contribution in [-0.4, -0.2) is 34.5 Å². The SMILES string of the molecule is CN(c1nc(-c2ccc(F)cc2)cs1)c1c(C=CC#N)nc2ccc(C3CCNCC3)cn12. The Labute approximate surface area is 195 Å². The average molecular weight is 459 g/mol. The van der Waals surface area contributed by atoms with Gasteiger partial charge in [0.1, 0.15) is 23.0 Å². The van der Waals surface area contributed by atoms with Gasteiger partial charge < -0.3 is 10.2 Å². The number of aromatic nitrogens is 3. The van der Waals surface area contributed by atoms with E-state index in [0.717, 1.165) is 53.8 Å². The maximum atomic E-state index is 13.3. The molecule has 4 heterocycles. The third kappa shape index (κ3) is 4.25. The Kier molecular flexibility index (Phi) is 5.90. The molecule has 0 bridgehead atoms. The lowest BCUT2D eigenvalue weighted by atomic mass is 9.91. The number of rotatable bonds is 5. The Balaban J connectivity index is 1.56. The van der Waals surface area contributed by atoms with Gasteiger partial charge >= 0.3 is 0 Å². The molecule has 1 N–H and O–H groups in total. The van der Waals surface area contributed by atoms with E-state index in [-0.39, 0.29) is 5.82 Å². The second-order valence-electron chi connectivity index (χ2n) is 8.08. The number of nitriles is 1. The summed E-state index contributed by atoms with van der Waals surface area (Å²) < 4.78 is 15.4. The normalized spacial score (nSPS) is 14.7. The number of thiazole rings is 1. The van der Waals surface area contributed by atoms with E-state index in [1.54, 1.807) is 18.2 Å². The lowest BCUT2D eigenvalue weighted by Gasteiger charge is -2.23. The van der Waals surface area contributed by atoms with E-state index in [9.17, 15) is 4.39 Å². The summed E-state index contributed by atoms with van der Waals surface area (Å²) in [6.45, 7) is 2.06. The first kappa shape index (κ1) is 21.3. The van der Waals surface area contributed by atoms with Crippen LogP contribution in [0.3, 0.4) is 0 Å². The molecule has 0 saturated carbocycles. The molecule has 1 fully saturated rings. The summed E-state index contributed by atoms with van der Waals surface area (Å²) in [5.41, 5.74) is 4.48. The van der Waals surface area contributed by atoms with Crippen molar-refractivity contribution in [2.45, 2.75) is 18.8 Å². The fraction of sp³-hybridized carbons (Fsp3) is 0.240. The predicted octanol–water partition coefficient (Wildman–Crippen LogP) is 5.37. The van der Waals surface area contributed by atoms with Crippen molar-refractivity contribution in [1.82, 2.24) is 19.7 Å². The molecule has 1 aliphatic heterocycles. The lowest BCUT2D eigenvalue weighted by molar-refractivity contribution is 0.459. The molecule has 3 aromatic heterocycles. The minimum atomic E-state index is -0.268. The summed E-state index contributed by atoms with van der Waals surface area (Å²) >= 11 is 1.51. The number of fused-ring (bicyclic) bond motifs is 1. The fourth-order valence-electron chi connectivity index (χ4n) is 4.29. The van der Waals surface area contributed by atoms with Crippen LogP contribution in [-0.2, 0) is 0 Å². The van der Waals surface area contributed by atoms with Crippen LogP contribution >= 0.6 is 11.3 Å². The maximum Gasteiger partial charge on any atom is 0.191 e. The summed E-state index contributed by atoms with van der Waals surface area (Å²) in [4.78, 5) is 11.6. The first-order valence-corrected chi connectivity index (χ1v) is 11.8. The number of imidazole rings is 1. The molecule has 0 amide bonds. The zero-order valence-corrected chi connectivity index (χ0v) is 19.0. The van der Waals surface area contributed by atoms with Crippen molar-refractivity contribution in [3.05, 3.63) is 71.1 Å². The van der Waals surface area contributed by atoms with Crippen molar-refractivity contribution in [3.8, 4) is 17.3 Å². The van der Waals surface area contributed by atoms with E-state index in [2.05, 4.69) is 28.0 Å². The molecule has 0 spiro atoms. The summed E-state index contributed by atoms with van der Waals surface area (Å²) in [5.74, 6) is 1.10. The second kappa shape index (κ2) is 9.14. The van der Waals surface area contributed by atoms with Crippen molar-refractivity contribution in [3.63, 3.8) is 0 Å². The molecule has 166 valence electrons. The quantitative estimate of drug-likeness (QED) is 0.407. The number of nitrogens with zero attached hydrogens (tertiary/aromatic N) is 5. The van der Waals surface area contributed by atoms with Crippen LogP contribution in [0.2, 0.25) is 0 Å². The van der Waals surface area contributed by atoms with Crippen molar-refractivity contribution < 1.29 is 4.39 Å². The smallest absolute Gasteiger partial charge is 0.191 e. The number of benzene rings is 1. The average Bonchev–Trinajstić information content (AvgIpc) is 3.48. The van der Waals surface area contributed by atoms with Crippen molar-refractivity contribution in [2.75, 3.05) is 25.0 Å². The summed E-state index contributed by atoms with van der Waals surface area (Å²) in [7, 11) is 1.96. The van der Waals surface area contributed by atoms with Crippen LogP contribution < -0.4 is 10.2 Å². The zero-order chi connectivity index (χ0) is 22.8. The van der Waals surface area contributed by atoms with Gasteiger partial charge in [0.25, 0.3) is 0 Å². The lowest BCUT2D eigenvalue weighted by Crippen LogP contribution is -2.26. The number of nitrogens with one attached hydrogen (secondary N) is 1. The molecule has 0 atom stereocenters. The van der Waals surface area contributed by atoms with Crippen LogP contribution in [0, 0.1) is 17.1 Å². The second-order valence-corrected chi connectivity index (χ2v) is 8.92. The van der Waals surface area contributed by atoms with Gasteiger partial charge in [-0.15, -0.1) is 11.3 Å². The van der Waals surface area contributed by atoms with E-state index in [4.69, 9.17) is 15.2 Å². The Morgan fingerprint density at radius 3 is 2.73 bits per heavy atom. The molecular weight excluding hydrogens is 435 g/mol. The maximum absolute atomic E-state index is 13.3. The highest BCUT2D eigenvalue weighted by Gasteiger charge is 2.21. The van der Waals surface area contributed by atoms with Crippen molar-refractivity contribution in [2.24, 2.45) is 0 Å². The van der Waals surface area contributed by atoms with Crippen molar-refractivity contribution in [1.29, 1.82) is 5.26 Å². The van der Waals surface area contributed by atoms with Gasteiger partial charge in [-0.25, -0.2) is 14.4 Å². The van der Waals surface area contributed by atoms with Gasteiger partial charge in [-0.3, -0.25) is 4.40 Å². The number of hydrogen-bond donors (Lipinski definition) is 1. The molecule has 1 aliphatic rings. The number of anilines is 2. The Morgan fingerprint density at radius 2 is 1.97 bits per heavy atom. The number of piperidine rings is 1. The fourth-order valence-corrected chi connectivity index (χ4v) is 5.09. The van der Waals surface area contributed by atoms with Gasteiger partial charge in [-0.05, 0) is 73.8 Å². The molecule has 5 rings (SSSR count). The van der Waals surface area contributed by atoms with Crippen LogP contribution in [0.15, 0.2) is 54.1 Å². The molecule has 0 radical (unpaired) electrons. The van der Waals surface area contributed by atoms with Crippen LogP contribution in [0.4, 0.5) is 15.3 Å². The van der Waals surface area contributed by atoms with Gasteiger partial charge in [0.2, 0.25) is 0 Å². The third-order valence-electron chi connectivity index (χ3n) is 6.01. The first-order chi connectivity index (χ1) is 16.1. The first-order valence-electron chi connectivity index (χ1n) is 10.9. The van der Waals surface area contributed by atoms with Gasteiger partial charge in [0, 0.05) is 30.3 Å². The van der Waals surface area contributed by atoms with E-state index < -0.39 is 0 Å². The van der Waals surface area contributed by atoms with Crippen LogP contribution in [0.1, 0.15) is 30.0 Å². The van der Waals surface area contributed by atoms with Crippen LogP contribution in [0.5, 0.6) is 0 Å². The zero-order valence-electron chi connectivity index (χ0n) is 18.2. The molecule has 6 nitrogen and oxygen atoms in total. The molecule has 33 heavy (non-hydrogen) atoms. The van der Waals surface area contributed by atoms with Crippen molar-refractivity contribution >= 4 is 34.0 Å². The number of pyridine rings is 1. The number of hydrogen-bond acceptors (Lipinski definition) is 6. The molecule has 0 unspecified atom stereocenters. The molecule has 0 aliphatic carbocycles. The predicted molar refractivity (Wildman–Crippen MR) is 130 cm³/mol. The number of halogens is 1. The van der Waals surface area contributed by atoms with E-state index >= 15 is 0 Å². The molecule has 8 heteroatoms. The van der Waals surface area contributed by atoms with E-state index in [1.807, 2.05) is 23.4 Å². The number of allylic oxidation sites excluding steroid dienone is 1. The molecule has 1 aromatic carbocycles. The summed E-state index contributed by atoms with van der Waals surface area (Å²) in [5, 5.41) is 15.3. The summed E-state index contributed by atoms with van der Waals surface area (Å²) in [6, 6.07) is 12.6. The monoisotopic (exact) mass is 458 g/mol. The molecule has 1 saturated heterocycles. The van der Waals surface area contributed by atoms with Gasteiger partial charge in [0.15, 0.2) is 5.13 Å². The van der Waals surface area contributed by atoms with Crippen LogP contribution in [0.25, 0.3) is 23.0 Å². The molecule has 4 aromatic rings. The standard InChI is InChI=1S/C25H23FN6S/c1-31(25-30-22(16-33-25)18-4-7-20(26)8-5-18)24-21(3-2-12-27)29-23-9-6-19(15-32(23)24)17-10-13-28-14-11-17/h2-9,15-17,28H,10-11,13-14H2,1H3. The van der Waals surface area contributed by atoms with E-state index in [0.29, 0.717) is 11.6 Å². The highest BCUT2D eigenvalue weighted by atomic mass is 32.1. The Bertz CT molecular complexity index is 1340. The minimum Gasteiger partial charge on any atom is -0.317 e. The molecular formula is C25H23FN6S. The minimum absolute atomic E-state index is 0.268. The third-order valence-corrected chi connectivity index (χ3v) is 6.92. The Morgan fingerprint density at radius 1 is 1.18 bits per heavy atom. The topological polar surface area (TPSA) is 69.2 Å². The van der Waals surface area contributed by atoms with Gasteiger partial charge in [-0.2, -0.15) is 5.26 Å². The van der Waals surface area contributed by atoms with E-state index in [1.165, 1.54) is 35.1 Å². The van der Waals surface area contributed by atoms with Gasteiger partial charge in [-0.1, -0.05) is 6.07 Å². The highest BCUT2D eigenvalue weighted by Crippen LogP contribution is 2.35. The highest BCUT2D eigenvalue weighted by molar-refractivity contribution is 7.14. The largest absolute Gasteiger partial charge is 0.317 e.